The van der Waals surface area contributed by atoms with E-state index in [1.807, 2.05) is 0 Å². The molecule has 198 valence electrons. The summed E-state index contributed by atoms with van der Waals surface area (Å²) in [7, 11) is -1.60. The molecule has 2 aromatic rings. The molecule has 1 unspecified atom stereocenters. The van der Waals surface area contributed by atoms with Gasteiger partial charge in [-0.1, -0.05) is 24.3 Å². The Kier molecular flexibility index (Phi) is 7.53. The number of carboxylic acids is 1. The van der Waals surface area contributed by atoms with Gasteiger partial charge in [-0.2, -0.15) is 0 Å². The number of aromatic hydroxyl groups is 1. The third-order valence-corrected chi connectivity index (χ3v) is 6.35. The van der Waals surface area contributed by atoms with Crippen molar-refractivity contribution < 1.29 is 43.9 Å². The first-order chi connectivity index (χ1) is 18.1. The minimum Gasteiger partial charge on any atom is -0.534 e. The predicted octanol–water partition coefficient (Wildman–Crippen LogP) is -0.329. The highest BCUT2D eigenvalue weighted by atomic mass is 16.5. The number of nitrogens with one attached hydrogen (secondary N) is 2. The molecule has 5 N–H and O–H groups in total. The van der Waals surface area contributed by atoms with Gasteiger partial charge in [0, 0.05) is 19.6 Å². The zero-order chi connectivity index (χ0) is 27.6. The highest BCUT2D eigenvalue weighted by Crippen LogP contribution is 2.30. The maximum atomic E-state index is 13.4. The van der Waals surface area contributed by atoms with Crippen LogP contribution < -0.4 is 15.3 Å². The normalized spacial score (nSPS) is 17.8. The Labute approximate surface area is 217 Å². The van der Waals surface area contributed by atoms with Crippen LogP contribution in [0.4, 0.5) is 4.79 Å². The number of aromatic carboxylic acids is 1. The van der Waals surface area contributed by atoms with Crippen molar-refractivity contribution in [3.63, 3.8) is 0 Å². The van der Waals surface area contributed by atoms with E-state index >= 15 is 0 Å². The summed E-state index contributed by atoms with van der Waals surface area (Å²) >= 11 is 0. The molecule has 2 heterocycles. The van der Waals surface area contributed by atoms with Gasteiger partial charge >= 0.3 is 30.9 Å². The van der Waals surface area contributed by atoms with E-state index in [4.69, 9.17) is 4.65 Å². The molecule has 2 aromatic carbocycles. The summed E-state index contributed by atoms with van der Waals surface area (Å²) < 4.78 is 5.40. The standard InChI is InChI=1S/C24H25BN4O9/c1-2-28-9-10-29(22(33)21(28)32)24(36)27-18(13-5-3-7-15(30)11-13)20(31)26-17-12-14-6-4-8-16(23(34)35)19(14)38-25(17)37/h3-8,11,17-18,30,37H,2,9-10,12H2,1H3,(H,26,31)(H,27,36)(H,34,35)/t17-,18?/m0/s1. The van der Waals surface area contributed by atoms with Crippen LogP contribution in [0.3, 0.4) is 0 Å². The van der Waals surface area contributed by atoms with Crippen LogP contribution in [0.2, 0.25) is 0 Å². The van der Waals surface area contributed by atoms with Crippen molar-refractivity contribution in [1.82, 2.24) is 20.4 Å². The molecule has 0 bridgehead atoms. The van der Waals surface area contributed by atoms with E-state index in [-0.39, 0.29) is 42.1 Å². The van der Waals surface area contributed by atoms with E-state index in [1.54, 1.807) is 13.0 Å². The fourth-order valence-corrected chi connectivity index (χ4v) is 4.36. The van der Waals surface area contributed by atoms with Gasteiger partial charge in [0.15, 0.2) is 0 Å². The lowest BCUT2D eigenvalue weighted by molar-refractivity contribution is -0.153. The second-order valence-electron chi connectivity index (χ2n) is 8.75. The Morgan fingerprint density at radius 2 is 1.87 bits per heavy atom. The number of phenolic OH excluding ortho intramolecular Hbond substituents is 1. The van der Waals surface area contributed by atoms with Crippen LogP contribution in [0.15, 0.2) is 42.5 Å². The molecule has 38 heavy (non-hydrogen) atoms. The number of likely N-dealkylation sites (N-methyl/N-ethyl adjacent to an activating group) is 1. The summed E-state index contributed by atoms with van der Waals surface area (Å²) in [5, 5.41) is 34.8. The average Bonchev–Trinajstić information content (AvgIpc) is 2.88. The molecule has 0 aromatic heterocycles. The third kappa shape index (κ3) is 5.25. The van der Waals surface area contributed by atoms with Crippen molar-refractivity contribution >= 4 is 36.8 Å². The van der Waals surface area contributed by atoms with Gasteiger partial charge < -0.3 is 35.4 Å². The largest absolute Gasteiger partial charge is 0.547 e. The number of imide groups is 1. The van der Waals surface area contributed by atoms with Crippen molar-refractivity contribution in [2.24, 2.45) is 0 Å². The summed E-state index contributed by atoms with van der Waals surface area (Å²) in [6.07, 6.45) is 0.0238. The Bertz CT molecular complexity index is 1300. The minimum atomic E-state index is -1.60. The van der Waals surface area contributed by atoms with Crippen LogP contribution in [-0.4, -0.2) is 87.5 Å². The predicted molar refractivity (Wildman–Crippen MR) is 131 cm³/mol. The molecule has 14 heteroatoms. The van der Waals surface area contributed by atoms with Crippen LogP contribution in [0.25, 0.3) is 0 Å². The fraction of sp³-hybridized carbons (Fsp3) is 0.292. The Morgan fingerprint density at radius 3 is 2.55 bits per heavy atom. The SMILES string of the molecule is CCN1CCN(C(=O)NC(C(=O)N[C@H]2Cc3cccc(C(=O)O)c3OB2O)c2cccc(O)c2)C(=O)C1=O. The lowest BCUT2D eigenvalue weighted by atomic mass is 9.72. The zero-order valence-electron chi connectivity index (χ0n) is 20.3. The lowest BCUT2D eigenvalue weighted by Gasteiger charge is -2.33. The molecule has 2 atom stereocenters. The van der Waals surface area contributed by atoms with Crippen molar-refractivity contribution in [3.05, 3.63) is 59.2 Å². The van der Waals surface area contributed by atoms with Crippen LogP contribution in [0.5, 0.6) is 11.5 Å². The van der Waals surface area contributed by atoms with Crippen molar-refractivity contribution in [1.29, 1.82) is 0 Å². The summed E-state index contributed by atoms with van der Waals surface area (Å²) in [5.41, 5.74) is 0.469. The maximum Gasteiger partial charge on any atom is 0.547 e. The molecular weight excluding hydrogens is 499 g/mol. The fourth-order valence-electron chi connectivity index (χ4n) is 4.36. The maximum absolute atomic E-state index is 13.4. The Hall–Kier alpha value is -4.59. The monoisotopic (exact) mass is 524 g/mol. The van der Waals surface area contributed by atoms with E-state index in [1.165, 1.54) is 41.3 Å². The van der Waals surface area contributed by atoms with Gasteiger partial charge in [0.1, 0.15) is 17.5 Å². The van der Waals surface area contributed by atoms with Crippen molar-refractivity contribution in [3.8, 4) is 11.5 Å². The summed E-state index contributed by atoms with van der Waals surface area (Å²) in [5.74, 6) is -5.14. The molecular formula is C24H25BN4O9. The quantitative estimate of drug-likeness (QED) is 0.249. The zero-order valence-corrected chi connectivity index (χ0v) is 20.3. The van der Waals surface area contributed by atoms with E-state index in [0.717, 1.165) is 0 Å². The first kappa shape index (κ1) is 26.5. The van der Waals surface area contributed by atoms with Gasteiger partial charge in [0.2, 0.25) is 5.91 Å². The van der Waals surface area contributed by atoms with E-state index < -0.39 is 48.8 Å². The number of carbonyl (C=O) groups excluding carboxylic acids is 4. The minimum absolute atomic E-state index is 0.00904. The number of rotatable bonds is 6. The number of carbonyl (C=O) groups is 5. The van der Waals surface area contributed by atoms with Gasteiger partial charge in [-0.25, -0.2) is 9.59 Å². The van der Waals surface area contributed by atoms with Crippen molar-refractivity contribution in [2.75, 3.05) is 19.6 Å². The molecule has 2 aliphatic heterocycles. The molecule has 0 spiro atoms. The highest BCUT2D eigenvalue weighted by Gasteiger charge is 2.41. The number of phenols is 1. The highest BCUT2D eigenvalue weighted by molar-refractivity contribution is 6.47. The third-order valence-electron chi connectivity index (χ3n) is 6.35. The second-order valence-corrected chi connectivity index (χ2v) is 8.75. The molecule has 5 amide bonds. The number of hydrogen-bond acceptors (Lipinski definition) is 8. The number of fused-ring (bicyclic) bond motifs is 1. The van der Waals surface area contributed by atoms with E-state index in [9.17, 15) is 39.2 Å². The van der Waals surface area contributed by atoms with Gasteiger partial charge in [-0.3, -0.25) is 19.3 Å². The van der Waals surface area contributed by atoms with Crippen LogP contribution in [-0.2, 0) is 20.8 Å². The lowest BCUT2D eigenvalue weighted by Crippen LogP contribution is -2.60. The summed E-state index contributed by atoms with van der Waals surface area (Å²) in [4.78, 5) is 64.6. The number of para-hydroxylation sites is 1. The van der Waals surface area contributed by atoms with Gasteiger partial charge in [-0.15, -0.1) is 0 Å². The van der Waals surface area contributed by atoms with Crippen LogP contribution in [0.1, 0.15) is 34.5 Å². The summed E-state index contributed by atoms with van der Waals surface area (Å²) in [6.45, 7) is 2.07. The van der Waals surface area contributed by atoms with Gasteiger partial charge in [-0.05, 0) is 42.7 Å². The molecule has 1 fully saturated rings. The van der Waals surface area contributed by atoms with Gasteiger partial charge in [0.05, 0.1) is 11.5 Å². The Morgan fingerprint density at radius 1 is 1.13 bits per heavy atom. The Balaban J connectivity index is 1.55. The topological polar surface area (TPSA) is 186 Å². The second kappa shape index (κ2) is 10.8. The summed E-state index contributed by atoms with van der Waals surface area (Å²) in [6, 6.07) is 7.54. The molecule has 13 nitrogen and oxygen atoms in total. The molecule has 2 aliphatic rings. The number of amides is 5. The number of benzene rings is 2. The molecule has 1 saturated heterocycles. The van der Waals surface area contributed by atoms with Crippen LogP contribution in [0, 0.1) is 0 Å². The number of nitrogens with zero attached hydrogens (tertiary/aromatic N) is 2. The first-order valence-corrected chi connectivity index (χ1v) is 11.8. The van der Waals surface area contributed by atoms with Crippen molar-refractivity contribution in [2.45, 2.75) is 25.3 Å². The number of hydrogen-bond donors (Lipinski definition) is 5. The van der Waals surface area contributed by atoms with Crippen LogP contribution >= 0.6 is 0 Å². The molecule has 4 rings (SSSR count). The van der Waals surface area contributed by atoms with E-state index in [0.29, 0.717) is 17.0 Å². The molecule has 0 radical (unpaired) electrons. The average molecular weight is 524 g/mol. The van der Waals surface area contributed by atoms with Gasteiger partial charge in [0.25, 0.3) is 0 Å². The number of urea groups is 1. The smallest absolute Gasteiger partial charge is 0.534 e. The molecule has 0 saturated carbocycles. The van der Waals surface area contributed by atoms with E-state index in [2.05, 4.69) is 10.6 Å². The first-order valence-electron chi connectivity index (χ1n) is 11.8. The number of piperazine rings is 1. The molecule has 0 aliphatic carbocycles. The number of carboxylic acid groups (broad SMARTS) is 1.